The largest absolute Gasteiger partial charge is 0.851 e. The number of rotatable bonds is 5. The Morgan fingerprint density at radius 1 is 1.12 bits per heavy atom. The van der Waals surface area contributed by atoms with Crippen molar-refractivity contribution in [3.8, 4) is 17.2 Å². The lowest BCUT2D eigenvalue weighted by Gasteiger charge is -2.61. The monoisotopic (exact) mass is 435 g/mol. The summed E-state index contributed by atoms with van der Waals surface area (Å²) in [6, 6.07) is 10.9. The predicted octanol–water partition coefficient (Wildman–Crippen LogP) is 0.349. The fourth-order valence-electron chi connectivity index (χ4n) is 4.30. The van der Waals surface area contributed by atoms with Crippen LogP contribution in [0.3, 0.4) is 0 Å². The summed E-state index contributed by atoms with van der Waals surface area (Å²) in [5.41, 5.74) is 0.502. The fraction of sp³-hybridized carbons (Fsp3) is 0.217. The zero-order chi connectivity index (χ0) is 23.2. The normalized spacial score (nSPS) is 22.2. The van der Waals surface area contributed by atoms with Crippen molar-refractivity contribution in [2.45, 2.75) is 31.0 Å². The van der Waals surface area contributed by atoms with E-state index in [-0.39, 0.29) is 22.6 Å². The van der Waals surface area contributed by atoms with Crippen LogP contribution in [-0.2, 0) is 4.79 Å². The van der Waals surface area contributed by atoms with Crippen LogP contribution in [0.15, 0.2) is 59.9 Å². The van der Waals surface area contributed by atoms with Crippen molar-refractivity contribution in [1.82, 2.24) is 9.78 Å². The first kappa shape index (κ1) is 21.4. The lowest BCUT2D eigenvalue weighted by atomic mass is 9.62. The Bertz CT molecular complexity index is 1240. The van der Waals surface area contributed by atoms with Crippen molar-refractivity contribution in [2.75, 3.05) is 5.32 Å². The molecule has 1 heterocycles. The van der Waals surface area contributed by atoms with Gasteiger partial charge in [0.25, 0.3) is 5.56 Å². The second-order valence-corrected chi connectivity index (χ2v) is 7.73. The molecule has 2 atom stereocenters. The molecule has 1 saturated carbocycles. The Kier molecular flexibility index (Phi) is 5.37. The first-order chi connectivity index (χ1) is 15.2. The number of hydrogen-bond acceptors (Lipinski definition) is 6. The van der Waals surface area contributed by atoms with Crippen molar-refractivity contribution >= 4 is 11.6 Å². The number of H-pyrrole nitrogens is 1. The average molecular weight is 435 g/mol. The summed E-state index contributed by atoms with van der Waals surface area (Å²) in [4.78, 5) is 24.8. The van der Waals surface area contributed by atoms with Gasteiger partial charge in [0.2, 0.25) is 5.91 Å². The average Bonchev–Trinajstić information content (AvgIpc) is 3.05. The minimum atomic E-state index is -1.54. The first-order valence-corrected chi connectivity index (χ1v) is 9.92. The number of aromatic amines is 1. The predicted molar refractivity (Wildman–Crippen MR) is 113 cm³/mol. The van der Waals surface area contributed by atoms with Crippen molar-refractivity contribution in [2.24, 2.45) is 0 Å². The molecule has 2 unspecified atom stereocenters. The number of phenols is 2. The number of para-hydroxylation sites is 1. The molecule has 1 aliphatic rings. The van der Waals surface area contributed by atoms with Gasteiger partial charge in [-0.25, -0.2) is 4.68 Å². The molecule has 3 aromatic rings. The summed E-state index contributed by atoms with van der Waals surface area (Å²) < 4.78 is 1.28. The van der Waals surface area contributed by atoms with Crippen LogP contribution in [0, 0.1) is 6.92 Å². The Balaban J connectivity index is 1.72. The molecule has 1 amide bonds. The third-order valence-electron chi connectivity index (χ3n) is 5.80. The third kappa shape index (κ3) is 3.37. The highest BCUT2D eigenvalue weighted by Crippen LogP contribution is 2.50. The van der Waals surface area contributed by atoms with Crippen LogP contribution >= 0.6 is 0 Å². The number of carbonyl (C=O) groups excluding carboxylic acids is 1. The van der Waals surface area contributed by atoms with Crippen LogP contribution in [0.4, 0.5) is 5.69 Å². The van der Waals surface area contributed by atoms with E-state index in [1.165, 1.54) is 4.68 Å². The topological polar surface area (TPSA) is 153 Å². The zero-order valence-corrected chi connectivity index (χ0v) is 17.1. The summed E-state index contributed by atoms with van der Waals surface area (Å²) in [5, 5.41) is 51.8. The molecule has 1 aromatic heterocycles. The molecule has 9 heteroatoms. The molecule has 0 spiro atoms. The summed E-state index contributed by atoms with van der Waals surface area (Å²) in [7, 11) is 0. The molecule has 0 bridgehead atoms. The molecule has 4 rings (SSSR count). The van der Waals surface area contributed by atoms with Crippen LogP contribution in [0.1, 0.15) is 28.7 Å². The smallest absolute Gasteiger partial charge is 0.274 e. The second kappa shape index (κ2) is 8.03. The zero-order valence-electron chi connectivity index (χ0n) is 17.1. The maximum atomic E-state index is 13.2. The van der Waals surface area contributed by atoms with E-state index >= 15 is 0 Å². The van der Waals surface area contributed by atoms with Crippen LogP contribution in [-0.4, -0.2) is 38.1 Å². The number of phenolic OH excluding ortho intramolecular Hbond substituents is 2. The van der Waals surface area contributed by atoms with Crippen molar-refractivity contribution in [3.05, 3.63) is 82.3 Å². The van der Waals surface area contributed by atoms with Gasteiger partial charge in [-0.1, -0.05) is 24.8 Å². The molecule has 0 aliphatic heterocycles. The van der Waals surface area contributed by atoms with Gasteiger partial charge in [-0.05, 0) is 37.0 Å². The van der Waals surface area contributed by atoms with E-state index in [1.54, 1.807) is 37.3 Å². The van der Waals surface area contributed by atoms with Gasteiger partial charge in [0, 0.05) is 29.0 Å². The number of nitrogens with zero attached hydrogens (tertiary/aromatic N) is 1. The van der Waals surface area contributed by atoms with E-state index in [1.807, 2.05) is 0 Å². The number of anilines is 1. The fourth-order valence-corrected chi connectivity index (χ4v) is 4.30. The second-order valence-electron chi connectivity index (χ2n) is 7.73. The Hall–Kier alpha value is -3.82. The maximum Gasteiger partial charge on any atom is 0.274 e. The number of hydrogen-bond donors (Lipinski definition) is 4. The molecule has 0 saturated heterocycles. The van der Waals surface area contributed by atoms with E-state index < -0.39 is 41.3 Å². The van der Waals surface area contributed by atoms with Gasteiger partial charge in [-0.2, -0.15) is 0 Å². The Morgan fingerprint density at radius 2 is 1.75 bits per heavy atom. The molecule has 2 aromatic carbocycles. The number of amides is 1. The number of aryl methyl sites for hydroxylation is 1. The van der Waals surface area contributed by atoms with Crippen molar-refractivity contribution in [3.63, 3.8) is 0 Å². The van der Waals surface area contributed by atoms with Crippen LogP contribution < -0.4 is 21.1 Å². The molecule has 4 N–H and O–H groups in total. The highest BCUT2D eigenvalue weighted by Gasteiger charge is 2.43. The van der Waals surface area contributed by atoms with Crippen LogP contribution in [0.5, 0.6) is 11.5 Å². The van der Waals surface area contributed by atoms with E-state index in [0.717, 1.165) is 18.2 Å². The maximum absolute atomic E-state index is 13.2. The lowest BCUT2D eigenvalue weighted by Crippen LogP contribution is -2.64. The highest BCUT2D eigenvalue weighted by molar-refractivity contribution is 6.00. The van der Waals surface area contributed by atoms with Crippen LogP contribution in [0.2, 0.25) is 0 Å². The van der Waals surface area contributed by atoms with Gasteiger partial charge in [0.1, 0.15) is 11.5 Å². The van der Waals surface area contributed by atoms with Gasteiger partial charge in [-0.15, -0.1) is 12.2 Å². The summed E-state index contributed by atoms with van der Waals surface area (Å²) in [6.45, 7) is 4.96. The van der Waals surface area contributed by atoms with Gasteiger partial charge < -0.3 is 25.7 Å². The number of carbonyl (C=O) groups is 1. The number of benzene rings is 2. The van der Waals surface area contributed by atoms with E-state index in [2.05, 4.69) is 17.0 Å². The molecular weight excluding hydrogens is 414 g/mol. The minimum absolute atomic E-state index is 0.0509. The SMILES string of the molecule is C=CC(=O)Nc1cc(O)cc(O)c1C1C([O-])C(c2c(C)[nH]n(-c3ccccc3)c2=O)C1[O-]. The highest BCUT2D eigenvalue weighted by atomic mass is 16.3. The summed E-state index contributed by atoms with van der Waals surface area (Å²) in [6.07, 6.45) is -2.11. The van der Waals surface area contributed by atoms with E-state index in [4.69, 9.17) is 0 Å². The molecule has 1 aliphatic carbocycles. The Labute approximate surface area is 182 Å². The van der Waals surface area contributed by atoms with Gasteiger partial charge in [-0.3, -0.25) is 14.7 Å². The molecule has 32 heavy (non-hydrogen) atoms. The lowest BCUT2D eigenvalue weighted by molar-refractivity contribution is -0.536. The van der Waals surface area contributed by atoms with E-state index in [9.17, 15) is 30.0 Å². The van der Waals surface area contributed by atoms with Crippen LogP contribution in [0.25, 0.3) is 5.69 Å². The molecule has 0 radical (unpaired) electrons. The molecular formula is C23H21N3O6-2. The van der Waals surface area contributed by atoms with Crippen molar-refractivity contribution in [1.29, 1.82) is 0 Å². The number of nitrogens with one attached hydrogen (secondary N) is 2. The number of aromatic hydroxyl groups is 2. The summed E-state index contributed by atoms with van der Waals surface area (Å²) in [5.74, 6) is -3.82. The molecule has 1 fully saturated rings. The van der Waals surface area contributed by atoms with Gasteiger partial charge in [0.05, 0.1) is 11.4 Å². The Morgan fingerprint density at radius 3 is 2.38 bits per heavy atom. The van der Waals surface area contributed by atoms with Gasteiger partial charge >= 0.3 is 0 Å². The molecule has 166 valence electrons. The van der Waals surface area contributed by atoms with E-state index in [0.29, 0.717) is 11.4 Å². The summed E-state index contributed by atoms with van der Waals surface area (Å²) >= 11 is 0. The molecule has 9 nitrogen and oxygen atoms in total. The third-order valence-corrected chi connectivity index (χ3v) is 5.80. The van der Waals surface area contributed by atoms with Crippen molar-refractivity contribution < 1.29 is 25.2 Å². The minimum Gasteiger partial charge on any atom is -0.851 e. The standard InChI is InChI=1S/C23H21N3O6/c1-3-16(29)24-14-9-13(27)10-15(28)18(14)20-21(30)19(22(20)31)17-11(2)25-26(23(17)32)12-7-5-4-6-8-12/h3-10,19-22,25,27-28H,1H2,2H3,(H,24,29)/q-2. The van der Waals surface area contributed by atoms with Gasteiger partial charge in [0.15, 0.2) is 0 Å². The number of aromatic nitrogens is 2. The first-order valence-electron chi connectivity index (χ1n) is 9.92. The quantitative estimate of drug-likeness (QED) is 0.424.